The third kappa shape index (κ3) is 3.29. The predicted molar refractivity (Wildman–Crippen MR) is 111 cm³/mol. The maximum absolute atomic E-state index is 12.1. The van der Waals surface area contributed by atoms with Gasteiger partial charge in [-0.05, 0) is 55.9 Å². The standard InChI is InChI=1S/C22H33BN2O3/c1-14(24)20(26)25-13-17(10-15-8-6-5-7-9-15)23-27-19-12-16-11-18(21(16,2)3)22(19,4)28-23/h5-9,14,16-19H,10-13,24H2,1-4H3,(H,25,26)/t14-,16-,17?,18-,19+,22-/m0/s1. The molecular weight excluding hydrogens is 351 g/mol. The summed E-state index contributed by atoms with van der Waals surface area (Å²) in [5.74, 6) is 1.17. The molecule has 3 aliphatic carbocycles. The molecule has 5 nitrogen and oxygen atoms in total. The van der Waals surface area contributed by atoms with Crippen LogP contribution in [0.1, 0.15) is 46.1 Å². The van der Waals surface area contributed by atoms with E-state index in [2.05, 4.69) is 38.2 Å². The second kappa shape index (κ2) is 7.15. The van der Waals surface area contributed by atoms with Crippen LogP contribution in [-0.4, -0.2) is 37.3 Å². The SMILES string of the molecule is C[C@H](N)C(=O)NCC(Cc1ccccc1)B1O[C@@H]2C[C@@H]3C[C@@H](C3(C)C)[C@]2(C)O1. The summed E-state index contributed by atoms with van der Waals surface area (Å²) in [6.07, 6.45) is 3.25. The first-order valence-electron chi connectivity index (χ1n) is 10.6. The highest BCUT2D eigenvalue weighted by Crippen LogP contribution is 2.66. The molecule has 1 aromatic carbocycles. The van der Waals surface area contributed by atoms with E-state index in [1.54, 1.807) is 6.92 Å². The third-order valence-corrected chi connectivity index (χ3v) is 7.65. The smallest absolute Gasteiger partial charge is 0.405 e. The van der Waals surface area contributed by atoms with Crippen LogP contribution in [0.2, 0.25) is 5.82 Å². The van der Waals surface area contributed by atoms with Crippen molar-refractivity contribution in [3.63, 3.8) is 0 Å². The molecule has 1 heterocycles. The van der Waals surface area contributed by atoms with Crippen molar-refractivity contribution in [1.29, 1.82) is 0 Å². The summed E-state index contributed by atoms with van der Waals surface area (Å²) in [4.78, 5) is 12.1. The van der Waals surface area contributed by atoms with Crippen LogP contribution in [0.4, 0.5) is 0 Å². The summed E-state index contributed by atoms with van der Waals surface area (Å²) in [7, 11) is -0.307. The Bertz CT molecular complexity index is 726. The van der Waals surface area contributed by atoms with Crippen molar-refractivity contribution in [2.45, 2.75) is 70.5 Å². The molecule has 28 heavy (non-hydrogen) atoms. The lowest BCUT2D eigenvalue weighted by atomic mass is 9.43. The zero-order chi connectivity index (χ0) is 20.1. The normalized spacial score (nSPS) is 34.9. The molecular formula is C22H33BN2O3. The molecule has 6 atom stereocenters. The molecule has 2 bridgehead atoms. The van der Waals surface area contributed by atoms with E-state index in [4.69, 9.17) is 15.0 Å². The van der Waals surface area contributed by atoms with E-state index in [9.17, 15) is 4.79 Å². The number of nitrogens with two attached hydrogens (primary N) is 1. The van der Waals surface area contributed by atoms with Crippen LogP contribution in [0.3, 0.4) is 0 Å². The summed E-state index contributed by atoms with van der Waals surface area (Å²) < 4.78 is 13.1. The number of carbonyl (C=O) groups excluding carboxylic acids is 1. The van der Waals surface area contributed by atoms with E-state index < -0.39 is 6.04 Å². The summed E-state index contributed by atoms with van der Waals surface area (Å²) in [6, 6.07) is 9.82. The maximum atomic E-state index is 12.1. The molecule has 1 aromatic rings. The van der Waals surface area contributed by atoms with Gasteiger partial charge in [0.2, 0.25) is 5.91 Å². The van der Waals surface area contributed by atoms with Crippen molar-refractivity contribution < 1.29 is 14.1 Å². The van der Waals surface area contributed by atoms with Gasteiger partial charge in [-0.3, -0.25) is 4.79 Å². The van der Waals surface area contributed by atoms with E-state index in [1.807, 2.05) is 18.2 Å². The summed E-state index contributed by atoms with van der Waals surface area (Å²) in [5.41, 5.74) is 7.03. The second-order valence-corrected chi connectivity index (χ2v) is 9.82. The van der Waals surface area contributed by atoms with Gasteiger partial charge < -0.3 is 20.4 Å². The van der Waals surface area contributed by atoms with E-state index in [1.165, 1.54) is 12.0 Å². The van der Waals surface area contributed by atoms with Gasteiger partial charge in [-0.15, -0.1) is 0 Å². The number of carbonyl (C=O) groups is 1. The number of rotatable bonds is 6. The third-order valence-electron chi connectivity index (χ3n) is 7.65. The highest BCUT2D eigenvalue weighted by Gasteiger charge is 2.68. The van der Waals surface area contributed by atoms with E-state index in [-0.39, 0.29) is 30.5 Å². The van der Waals surface area contributed by atoms with Gasteiger partial charge in [0.15, 0.2) is 0 Å². The van der Waals surface area contributed by atoms with Crippen LogP contribution in [0, 0.1) is 17.3 Å². The maximum Gasteiger partial charge on any atom is 0.463 e. The Morgan fingerprint density at radius 2 is 2.00 bits per heavy atom. The summed E-state index contributed by atoms with van der Waals surface area (Å²) >= 11 is 0. The highest BCUT2D eigenvalue weighted by molar-refractivity contribution is 6.47. The molecule has 4 fully saturated rings. The first-order chi connectivity index (χ1) is 13.2. The monoisotopic (exact) mass is 384 g/mol. The van der Waals surface area contributed by atoms with Gasteiger partial charge in [-0.1, -0.05) is 44.2 Å². The molecule has 0 spiro atoms. The van der Waals surface area contributed by atoms with E-state index >= 15 is 0 Å². The van der Waals surface area contributed by atoms with Crippen LogP contribution < -0.4 is 11.1 Å². The summed E-state index contributed by atoms with van der Waals surface area (Å²) in [6.45, 7) is 9.18. The van der Waals surface area contributed by atoms with E-state index in [0.29, 0.717) is 17.9 Å². The molecule has 1 unspecified atom stereocenters. The Balaban J connectivity index is 1.51. The topological polar surface area (TPSA) is 73.6 Å². The van der Waals surface area contributed by atoms with Gasteiger partial charge in [-0.2, -0.15) is 0 Å². The van der Waals surface area contributed by atoms with Gasteiger partial charge in [0.1, 0.15) is 0 Å². The minimum Gasteiger partial charge on any atom is -0.405 e. The molecule has 152 valence electrons. The second-order valence-electron chi connectivity index (χ2n) is 9.82. The molecule has 1 saturated heterocycles. The average molecular weight is 384 g/mol. The van der Waals surface area contributed by atoms with Crippen molar-refractivity contribution in [3.05, 3.63) is 35.9 Å². The fourth-order valence-electron chi connectivity index (χ4n) is 5.68. The van der Waals surface area contributed by atoms with Crippen molar-refractivity contribution in [2.24, 2.45) is 23.0 Å². The molecule has 0 radical (unpaired) electrons. The number of amides is 1. The summed E-state index contributed by atoms with van der Waals surface area (Å²) in [5, 5.41) is 2.99. The highest BCUT2D eigenvalue weighted by atomic mass is 16.7. The zero-order valence-electron chi connectivity index (χ0n) is 17.5. The number of nitrogens with one attached hydrogen (secondary N) is 1. The quantitative estimate of drug-likeness (QED) is 0.740. The fraction of sp³-hybridized carbons (Fsp3) is 0.682. The average Bonchev–Trinajstić information content (AvgIpc) is 3.02. The minimum absolute atomic E-state index is 0.0489. The van der Waals surface area contributed by atoms with Crippen LogP contribution in [-0.2, 0) is 20.5 Å². The molecule has 1 amide bonds. The molecule has 3 N–H and O–H groups in total. The number of hydrogen-bond acceptors (Lipinski definition) is 4. The van der Waals surface area contributed by atoms with Gasteiger partial charge in [0, 0.05) is 12.4 Å². The largest absolute Gasteiger partial charge is 0.463 e. The van der Waals surface area contributed by atoms with Gasteiger partial charge in [0.05, 0.1) is 17.7 Å². The molecule has 6 heteroatoms. The van der Waals surface area contributed by atoms with E-state index in [0.717, 1.165) is 18.8 Å². The molecule has 5 rings (SSSR count). The molecule has 1 aliphatic heterocycles. The van der Waals surface area contributed by atoms with Crippen LogP contribution in [0.5, 0.6) is 0 Å². The van der Waals surface area contributed by atoms with Gasteiger partial charge >= 0.3 is 7.12 Å². The Hall–Kier alpha value is -1.37. The van der Waals surface area contributed by atoms with Crippen molar-refractivity contribution in [2.75, 3.05) is 6.54 Å². The Morgan fingerprint density at radius 3 is 2.64 bits per heavy atom. The Morgan fingerprint density at radius 1 is 1.29 bits per heavy atom. The van der Waals surface area contributed by atoms with Crippen molar-refractivity contribution >= 4 is 13.0 Å². The molecule has 4 aliphatic rings. The Kier molecular flexibility index (Phi) is 5.09. The van der Waals surface area contributed by atoms with Crippen LogP contribution >= 0.6 is 0 Å². The number of hydrogen-bond donors (Lipinski definition) is 2. The predicted octanol–water partition coefficient (Wildman–Crippen LogP) is 2.79. The van der Waals surface area contributed by atoms with Crippen LogP contribution in [0.25, 0.3) is 0 Å². The first kappa shape index (κ1) is 19.9. The number of benzene rings is 1. The van der Waals surface area contributed by atoms with Crippen molar-refractivity contribution in [1.82, 2.24) is 5.32 Å². The lowest BCUT2D eigenvalue weighted by Gasteiger charge is -2.64. The molecule has 3 saturated carbocycles. The molecule has 0 aromatic heterocycles. The van der Waals surface area contributed by atoms with Crippen molar-refractivity contribution in [3.8, 4) is 0 Å². The zero-order valence-corrected chi connectivity index (χ0v) is 17.5. The van der Waals surface area contributed by atoms with Gasteiger partial charge in [-0.25, -0.2) is 0 Å². The fourth-order valence-corrected chi connectivity index (χ4v) is 5.68. The Labute approximate surface area is 168 Å². The lowest BCUT2D eigenvalue weighted by molar-refractivity contribution is -0.199. The minimum atomic E-state index is -0.518. The lowest BCUT2D eigenvalue weighted by Crippen LogP contribution is -2.65. The van der Waals surface area contributed by atoms with Gasteiger partial charge in [0.25, 0.3) is 0 Å². The first-order valence-corrected chi connectivity index (χ1v) is 10.6. The van der Waals surface area contributed by atoms with Crippen LogP contribution in [0.15, 0.2) is 30.3 Å².